The van der Waals surface area contributed by atoms with Crippen LogP contribution in [-0.4, -0.2) is 4.57 Å². The molecule has 1 heterocycles. The molecule has 54 heavy (non-hydrogen) atoms. The summed E-state index contributed by atoms with van der Waals surface area (Å²) in [6.07, 6.45) is 0. The van der Waals surface area contributed by atoms with E-state index in [4.69, 9.17) is 0 Å². The van der Waals surface area contributed by atoms with Gasteiger partial charge in [-0.1, -0.05) is 178 Å². The first-order valence-corrected chi connectivity index (χ1v) is 19.0. The monoisotopic (exact) mass is 685 g/mol. The molecule has 0 amide bonds. The van der Waals surface area contributed by atoms with Crippen LogP contribution >= 0.6 is 0 Å². The molecule has 0 saturated carbocycles. The van der Waals surface area contributed by atoms with E-state index in [0.717, 1.165) is 0 Å². The van der Waals surface area contributed by atoms with Crippen LogP contribution < -0.4 is 0 Å². The number of nitrogens with zero attached hydrogens (tertiary/aromatic N) is 1. The van der Waals surface area contributed by atoms with Gasteiger partial charge in [-0.15, -0.1) is 0 Å². The molecule has 1 aliphatic carbocycles. The van der Waals surface area contributed by atoms with E-state index in [-0.39, 0.29) is 5.41 Å². The molecule has 10 aromatic carbocycles. The number of rotatable bonds is 3. The summed E-state index contributed by atoms with van der Waals surface area (Å²) < 4.78 is 2.56. The van der Waals surface area contributed by atoms with E-state index in [9.17, 15) is 0 Å². The van der Waals surface area contributed by atoms with Crippen molar-refractivity contribution in [3.05, 3.63) is 187 Å². The minimum absolute atomic E-state index is 0.0792. The van der Waals surface area contributed by atoms with Crippen LogP contribution in [0.5, 0.6) is 0 Å². The third-order valence-electron chi connectivity index (χ3n) is 12.6. The zero-order valence-corrected chi connectivity index (χ0v) is 30.2. The summed E-state index contributed by atoms with van der Waals surface area (Å²) in [6.45, 7) is 4.75. The van der Waals surface area contributed by atoms with Crippen molar-refractivity contribution in [2.75, 3.05) is 0 Å². The van der Waals surface area contributed by atoms with Crippen LogP contribution in [0, 0.1) is 0 Å². The van der Waals surface area contributed by atoms with Crippen molar-refractivity contribution in [1.29, 1.82) is 0 Å². The number of para-hydroxylation sites is 1. The fraction of sp³-hybridized carbons (Fsp3) is 0.0566. The fourth-order valence-corrected chi connectivity index (χ4v) is 10.1. The molecule has 12 rings (SSSR count). The molecule has 0 saturated heterocycles. The first-order chi connectivity index (χ1) is 26.6. The summed E-state index contributed by atoms with van der Waals surface area (Å²) in [4.78, 5) is 0. The number of fused-ring (bicyclic) bond motifs is 8. The van der Waals surface area contributed by atoms with Crippen LogP contribution in [0.25, 0.3) is 104 Å². The molecule has 0 atom stereocenters. The van der Waals surface area contributed by atoms with Crippen LogP contribution in [0.3, 0.4) is 0 Å². The predicted molar refractivity (Wildman–Crippen MR) is 230 cm³/mol. The Bertz CT molecular complexity index is 3340. The van der Waals surface area contributed by atoms with Gasteiger partial charge in [-0.25, -0.2) is 0 Å². The van der Waals surface area contributed by atoms with Crippen molar-refractivity contribution in [2.45, 2.75) is 19.3 Å². The maximum absolute atomic E-state index is 2.56. The molecule has 252 valence electrons. The van der Waals surface area contributed by atoms with Gasteiger partial charge in [-0.05, 0) is 88.8 Å². The minimum Gasteiger partial charge on any atom is -0.308 e. The van der Waals surface area contributed by atoms with Gasteiger partial charge in [0.25, 0.3) is 0 Å². The Labute approximate surface area is 313 Å². The van der Waals surface area contributed by atoms with Crippen molar-refractivity contribution >= 4 is 64.9 Å². The molecule has 0 N–H and O–H groups in total. The molecule has 1 nitrogen and oxygen atoms in total. The van der Waals surface area contributed by atoms with Gasteiger partial charge in [-0.3, -0.25) is 0 Å². The molecule has 1 heteroatoms. The van der Waals surface area contributed by atoms with E-state index < -0.39 is 0 Å². The molecule has 0 spiro atoms. The Morgan fingerprint density at radius 1 is 0.370 bits per heavy atom. The lowest BCUT2D eigenvalue weighted by atomic mass is 9.82. The Hall–Kier alpha value is -6.70. The molecular formula is C53H35N. The molecular weight excluding hydrogens is 651 g/mol. The highest BCUT2D eigenvalue weighted by Gasteiger charge is 2.37. The molecule has 0 bridgehead atoms. The highest BCUT2D eigenvalue weighted by atomic mass is 15.0. The third-order valence-corrected chi connectivity index (χ3v) is 12.6. The van der Waals surface area contributed by atoms with E-state index in [1.165, 1.54) is 115 Å². The van der Waals surface area contributed by atoms with Crippen LogP contribution in [0.1, 0.15) is 25.0 Å². The van der Waals surface area contributed by atoms with Crippen molar-refractivity contribution in [1.82, 2.24) is 4.57 Å². The van der Waals surface area contributed by atoms with E-state index in [2.05, 4.69) is 194 Å². The van der Waals surface area contributed by atoms with Crippen molar-refractivity contribution in [2.24, 2.45) is 0 Å². The number of hydrogen-bond acceptors (Lipinski definition) is 0. The van der Waals surface area contributed by atoms with Gasteiger partial charge in [0.2, 0.25) is 0 Å². The topological polar surface area (TPSA) is 4.93 Å². The Balaban J connectivity index is 1.14. The molecule has 1 aromatic heterocycles. The zero-order chi connectivity index (χ0) is 35.7. The van der Waals surface area contributed by atoms with Gasteiger partial charge in [0.1, 0.15) is 0 Å². The zero-order valence-electron chi connectivity index (χ0n) is 30.2. The smallest absolute Gasteiger partial charge is 0.0622 e. The van der Waals surface area contributed by atoms with Crippen molar-refractivity contribution in [3.63, 3.8) is 0 Å². The SMILES string of the molecule is CC1(C)c2ccccc2-c2c1ccc1c3ccccc3n(-c3cccc4c(-c5ccc6ccc7c(-c8ccccc8)ccc8ccc5c6c87)cccc34)c21. The Kier molecular flexibility index (Phi) is 5.90. The van der Waals surface area contributed by atoms with Crippen molar-refractivity contribution in [3.8, 4) is 39.1 Å². The van der Waals surface area contributed by atoms with Gasteiger partial charge in [0, 0.05) is 27.1 Å². The predicted octanol–water partition coefficient (Wildman–Crippen LogP) is 14.5. The molecule has 0 radical (unpaired) electrons. The highest BCUT2D eigenvalue weighted by Crippen LogP contribution is 2.53. The lowest BCUT2D eigenvalue weighted by Gasteiger charge is -2.21. The number of benzene rings is 10. The molecule has 0 unspecified atom stereocenters. The number of aromatic nitrogens is 1. The number of hydrogen-bond donors (Lipinski definition) is 0. The summed E-state index contributed by atoms with van der Waals surface area (Å²) in [5, 5.41) is 12.9. The van der Waals surface area contributed by atoms with Gasteiger partial charge in [0.05, 0.1) is 16.7 Å². The first kappa shape index (κ1) is 29.8. The molecule has 11 aromatic rings. The highest BCUT2D eigenvalue weighted by molar-refractivity contribution is 6.28. The van der Waals surface area contributed by atoms with E-state index in [1.807, 2.05) is 0 Å². The van der Waals surface area contributed by atoms with Crippen LogP contribution in [-0.2, 0) is 5.41 Å². The second-order valence-corrected chi connectivity index (χ2v) is 15.6. The first-order valence-electron chi connectivity index (χ1n) is 19.0. The van der Waals surface area contributed by atoms with Crippen molar-refractivity contribution < 1.29 is 0 Å². The van der Waals surface area contributed by atoms with Gasteiger partial charge in [0.15, 0.2) is 0 Å². The largest absolute Gasteiger partial charge is 0.308 e. The fourth-order valence-electron chi connectivity index (χ4n) is 10.1. The molecule has 0 fully saturated rings. The summed E-state index contributed by atoms with van der Waals surface area (Å²) in [7, 11) is 0. The van der Waals surface area contributed by atoms with E-state index >= 15 is 0 Å². The average molecular weight is 686 g/mol. The minimum atomic E-state index is -0.0792. The molecule has 1 aliphatic rings. The van der Waals surface area contributed by atoms with Crippen LogP contribution in [0.2, 0.25) is 0 Å². The van der Waals surface area contributed by atoms with E-state index in [1.54, 1.807) is 0 Å². The Morgan fingerprint density at radius 3 is 1.80 bits per heavy atom. The lowest BCUT2D eigenvalue weighted by molar-refractivity contribution is 0.661. The van der Waals surface area contributed by atoms with Gasteiger partial charge in [-0.2, -0.15) is 0 Å². The maximum Gasteiger partial charge on any atom is 0.0622 e. The standard InChI is InChI=1S/C53H35N/c1-53(2)45-19-8-6-15-44(45)51-46(53)31-30-43-40-14-7-9-20-47(40)54(52(43)51)48-21-11-17-37-36(16-10-18-39(37)48)38-27-23-34-24-28-41-35(32-12-4-3-5-13-32)26-22-33-25-29-42(38)50(34)49(33)41/h3-31H,1-2H3. The second-order valence-electron chi connectivity index (χ2n) is 15.6. The quantitative estimate of drug-likeness (QED) is 0.163. The van der Waals surface area contributed by atoms with Crippen LogP contribution in [0.15, 0.2) is 176 Å². The Morgan fingerprint density at radius 2 is 0.963 bits per heavy atom. The lowest BCUT2D eigenvalue weighted by Crippen LogP contribution is -2.14. The van der Waals surface area contributed by atoms with Gasteiger partial charge >= 0.3 is 0 Å². The van der Waals surface area contributed by atoms with Crippen LogP contribution in [0.4, 0.5) is 0 Å². The third kappa shape index (κ3) is 3.83. The van der Waals surface area contributed by atoms with Gasteiger partial charge < -0.3 is 4.57 Å². The summed E-state index contributed by atoms with van der Waals surface area (Å²) in [5.41, 5.74) is 14.2. The maximum atomic E-state index is 2.56. The molecule has 0 aliphatic heterocycles. The summed E-state index contributed by atoms with van der Waals surface area (Å²) in [5.74, 6) is 0. The summed E-state index contributed by atoms with van der Waals surface area (Å²) >= 11 is 0. The second kappa shape index (κ2) is 10.7. The van der Waals surface area contributed by atoms with E-state index in [0.29, 0.717) is 0 Å². The summed E-state index contributed by atoms with van der Waals surface area (Å²) in [6, 6.07) is 65.8. The normalized spacial score (nSPS) is 13.5. The average Bonchev–Trinajstić information content (AvgIpc) is 3.68.